The van der Waals surface area contributed by atoms with Crippen molar-refractivity contribution in [2.24, 2.45) is 5.41 Å². The second-order valence-corrected chi connectivity index (χ2v) is 14.9. The van der Waals surface area contributed by atoms with Crippen molar-refractivity contribution >= 4 is 30.3 Å². The van der Waals surface area contributed by atoms with E-state index in [1.54, 1.807) is 0 Å². The quantitative estimate of drug-likeness (QED) is 0.0561. The SMILES string of the molecule is CC(C[B-](/C=C/C(C)(C)C)(c1c(F)c(F)c(F)c(F)c1F)[n+]1ccccc1)P(c1c(F)c(F)c(F)c(F)c1F)c1c(F)c(F)c(F)c(F)c1F. The summed E-state index contributed by atoms with van der Waals surface area (Å²) in [6, 6.07) is 3.74. The molecule has 1 nitrogen and oxygen atoms in total. The van der Waals surface area contributed by atoms with Crippen LogP contribution in [0.4, 0.5) is 65.9 Å². The van der Waals surface area contributed by atoms with E-state index in [1.165, 1.54) is 45.0 Å². The van der Waals surface area contributed by atoms with Crippen LogP contribution in [0.3, 0.4) is 0 Å². The molecule has 0 saturated carbocycles. The summed E-state index contributed by atoms with van der Waals surface area (Å²) in [6.07, 6.45) is -1.75. The molecule has 50 heavy (non-hydrogen) atoms. The maximum atomic E-state index is 15.8. The molecular weight excluding hydrogens is 725 g/mol. The number of aromatic nitrogens is 1. The standard InChI is InChI=1S/C32H22BF15NP/c1-13(50(30-26(45)22(41)20(39)23(42)27(30)46)31-28(47)24(43)21(40)25(44)29(31)48)12-33(9-8-32(2,3)4,49-10-6-5-7-11-49)14-15(34)17(36)19(38)18(37)16(14)35/h5-11,13H,12H2,1-4H3/b9-8+. The van der Waals surface area contributed by atoms with Crippen LogP contribution in [0.1, 0.15) is 27.7 Å². The fourth-order valence-electron chi connectivity index (χ4n) is 5.68. The predicted molar refractivity (Wildman–Crippen MR) is 155 cm³/mol. The smallest absolute Gasteiger partial charge is 0.331 e. The Morgan fingerprint density at radius 1 is 0.540 bits per heavy atom. The van der Waals surface area contributed by atoms with Gasteiger partial charge in [0.05, 0.1) is 10.6 Å². The third-order valence-corrected chi connectivity index (χ3v) is 10.8. The molecule has 1 heterocycles. The van der Waals surface area contributed by atoms with Crippen molar-refractivity contribution in [1.29, 1.82) is 0 Å². The molecule has 0 amide bonds. The van der Waals surface area contributed by atoms with E-state index in [0.717, 1.165) is 29.8 Å². The number of halogens is 15. The molecule has 0 spiro atoms. The van der Waals surface area contributed by atoms with Gasteiger partial charge in [-0.05, 0) is 31.1 Å². The van der Waals surface area contributed by atoms with E-state index in [4.69, 9.17) is 0 Å². The molecule has 0 radical (unpaired) electrons. The highest BCUT2D eigenvalue weighted by Gasteiger charge is 2.48. The first-order valence-corrected chi connectivity index (χ1v) is 15.7. The largest absolute Gasteiger partial charge is 0.419 e. The molecule has 0 aliphatic heterocycles. The van der Waals surface area contributed by atoms with Gasteiger partial charge in [0.2, 0.25) is 11.6 Å². The summed E-state index contributed by atoms with van der Waals surface area (Å²) in [6.45, 7) is 5.29. The Balaban J connectivity index is 2.23. The Morgan fingerprint density at radius 3 is 1.20 bits per heavy atom. The van der Waals surface area contributed by atoms with Crippen LogP contribution >= 0.6 is 7.92 Å². The van der Waals surface area contributed by atoms with Crippen LogP contribution in [-0.2, 0) is 0 Å². The number of allylic oxidation sites excluding steroid dienone is 1. The van der Waals surface area contributed by atoms with E-state index in [1.807, 2.05) is 0 Å². The van der Waals surface area contributed by atoms with Gasteiger partial charge in [-0.15, -0.1) is 6.08 Å². The maximum absolute atomic E-state index is 15.8. The first kappa shape index (κ1) is 38.8. The van der Waals surface area contributed by atoms with E-state index >= 15 is 26.3 Å². The van der Waals surface area contributed by atoms with Gasteiger partial charge in [-0.1, -0.05) is 45.5 Å². The monoisotopic (exact) mass is 747 g/mol. The fourth-order valence-corrected chi connectivity index (χ4v) is 8.55. The number of hydrogen-bond donors (Lipinski definition) is 0. The molecule has 2 atom stereocenters. The van der Waals surface area contributed by atoms with Gasteiger partial charge >= 0.3 is 6.28 Å². The molecule has 4 rings (SSSR count). The van der Waals surface area contributed by atoms with Gasteiger partial charge in [-0.3, -0.25) is 0 Å². The molecular formula is C32H22BF15NP. The number of benzene rings is 3. The zero-order chi connectivity index (χ0) is 37.8. The summed E-state index contributed by atoms with van der Waals surface area (Å²) in [4.78, 5) is 0. The lowest BCUT2D eigenvalue weighted by molar-refractivity contribution is -0.543. The van der Waals surface area contributed by atoms with Crippen molar-refractivity contribution < 1.29 is 70.3 Å². The topological polar surface area (TPSA) is 3.88 Å². The Hall–Kier alpha value is -4.01. The van der Waals surface area contributed by atoms with Gasteiger partial charge in [0.15, 0.2) is 64.0 Å². The molecule has 0 saturated heterocycles. The first-order valence-electron chi connectivity index (χ1n) is 14.3. The van der Waals surface area contributed by atoms with Gasteiger partial charge < -0.3 is 4.48 Å². The second-order valence-electron chi connectivity index (χ2n) is 12.4. The highest BCUT2D eigenvalue weighted by Crippen LogP contribution is 2.47. The van der Waals surface area contributed by atoms with Crippen molar-refractivity contribution in [1.82, 2.24) is 0 Å². The molecule has 2 unspecified atom stereocenters. The minimum atomic E-state index is -4.04. The number of pyridine rings is 1. The van der Waals surface area contributed by atoms with Crippen LogP contribution in [0.2, 0.25) is 6.32 Å². The number of hydrogen-bond acceptors (Lipinski definition) is 0. The van der Waals surface area contributed by atoms with Crippen LogP contribution < -0.4 is 20.5 Å². The number of rotatable bonds is 8. The fraction of sp³-hybridized carbons (Fsp3) is 0.219. The summed E-state index contributed by atoms with van der Waals surface area (Å²) in [5.41, 5.74) is -4.72. The normalized spacial score (nSPS) is 14.2. The van der Waals surface area contributed by atoms with Crippen LogP contribution in [0.15, 0.2) is 42.6 Å². The Labute approximate surface area is 275 Å². The van der Waals surface area contributed by atoms with Gasteiger partial charge in [0, 0.05) is 0 Å². The van der Waals surface area contributed by atoms with Gasteiger partial charge in [-0.2, -0.15) is 5.98 Å². The molecule has 268 valence electrons. The summed E-state index contributed by atoms with van der Waals surface area (Å²) in [5, 5.41) is -4.10. The molecule has 18 heteroatoms. The maximum Gasteiger partial charge on any atom is 0.331 e. The van der Waals surface area contributed by atoms with Crippen molar-refractivity contribution in [3.8, 4) is 0 Å². The third kappa shape index (κ3) is 6.48. The van der Waals surface area contributed by atoms with Gasteiger partial charge in [0.25, 0.3) is 0 Å². The molecule has 1 aromatic heterocycles. The molecule has 3 aromatic carbocycles. The van der Waals surface area contributed by atoms with Crippen molar-refractivity contribution in [2.45, 2.75) is 39.7 Å². The zero-order valence-electron chi connectivity index (χ0n) is 26.0. The van der Waals surface area contributed by atoms with Crippen molar-refractivity contribution in [3.63, 3.8) is 0 Å². The summed E-state index contributed by atoms with van der Waals surface area (Å²) in [7, 11) is -4.04. The molecule has 0 bridgehead atoms. The van der Waals surface area contributed by atoms with E-state index < -0.39 is 135 Å². The van der Waals surface area contributed by atoms with E-state index in [-0.39, 0.29) is 0 Å². The lowest BCUT2D eigenvalue weighted by Crippen LogP contribution is -2.73. The van der Waals surface area contributed by atoms with E-state index in [2.05, 4.69) is 0 Å². The molecule has 0 N–H and O–H groups in total. The van der Waals surface area contributed by atoms with Crippen molar-refractivity contribution in [2.75, 3.05) is 0 Å². The van der Waals surface area contributed by atoms with E-state index in [9.17, 15) is 39.5 Å². The zero-order valence-corrected chi connectivity index (χ0v) is 26.9. The number of nitrogens with zero attached hydrogens (tertiary/aromatic N) is 1. The lowest BCUT2D eigenvalue weighted by Gasteiger charge is -2.38. The first-order chi connectivity index (χ1) is 23.1. The molecule has 0 aliphatic rings. The Bertz CT molecular complexity index is 1860. The van der Waals surface area contributed by atoms with Crippen molar-refractivity contribution in [3.05, 3.63) is 130 Å². The van der Waals surface area contributed by atoms with E-state index in [0.29, 0.717) is 0 Å². The minimum absolute atomic E-state index is 0.749. The van der Waals surface area contributed by atoms with Gasteiger partial charge in [0.1, 0.15) is 24.0 Å². The van der Waals surface area contributed by atoms with Crippen LogP contribution in [0.25, 0.3) is 0 Å². The van der Waals surface area contributed by atoms with Crippen LogP contribution in [-0.4, -0.2) is 11.9 Å². The third-order valence-electron chi connectivity index (χ3n) is 7.93. The summed E-state index contributed by atoms with van der Waals surface area (Å²) >= 11 is 0. The Morgan fingerprint density at radius 2 is 0.860 bits per heavy atom. The highest BCUT2D eigenvalue weighted by atomic mass is 31.1. The van der Waals surface area contributed by atoms with Crippen LogP contribution in [0.5, 0.6) is 0 Å². The lowest BCUT2D eigenvalue weighted by atomic mass is 9.28. The van der Waals surface area contributed by atoms with Gasteiger partial charge in [-0.25, -0.2) is 65.9 Å². The molecule has 4 aromatic rings. The molecule has 0 fully saturated rings. The average Bonchev–Trinajstić information content (AvgIpc) is 3.07. The highest BCUT2D eigenvalue weighted by molar-refractivity contribution is 7.73. The second kappa shape index (κ2) is 14.0. The summed E-state index contributed by atoms with van der Waals surface area (Å²) < 4.78 is 224. The molecule has 0 aliphatic carbocycles. The average molecular weight is 747 g/mol. The minimum Gasteiger partial charge on any atom is -0.419 e. The summed E-state index contributed by atoms with van der Waals surface area (Å²) in [5.74, 6) is -38.6. The van der Waals surface area contributed by atoms with Crippen LogP contribution in [0, 0.1) is 92.7 Å². The predicted octanol–water partition coefficient (Wildman–Crippen LogP) is 8.42. The Kier molecular flexibility index (Phi) is 10.8.